The summed E-state index contributed by atoms with van der Waals surface area (Å²) >= 11 is 3.42. The number of aryl methyl sites for hydroxylation is 1. The zero-order valence-corrected chi connectivity index (χ0v) is 12.8. The highest BCUT2D eigenvalue weighted by molar-refractivity contribution is 9.10. The summed E-state index contributed by atoms with van der Waals surface area (Å²) < 4.78 is 11.4. The summed E-state index contributed by atoms with van der Waals surface area (Å²) in [5.74, 6) is 1.69. The summed E-state index contributed by atoms with van der Waals surface area (Å²) in [7, 11) is 3.32. The van der Waals surface area contributed by atoms with E-state index in [1.807, 2.05) is 12.1 Å². The van der Waals surface area contributed by atoms with Crippen LogP contribution in [-0.4, -0.2) is 20.8 Å². The summed E-state index contributed by atoms with van der Waals surface area (Å²) in [5, 5.41) is 0. The van der Waals surface area contributed by atoms with Crippen LogP contribution in [0.2, 0.25) is 0 Å². The van der Waals surface area contributed by atoms with Gasteiger partial charge < -0.3 is 15.2 Å². The molecule has 0 bridgehead atoms. The number of benzene rings is 1. The molecule has 0 saturated carbocycles. The minimum absolute atomic E-state index is 0. The normalized spacial score (nSPS) is 9.50. The SMILES string of the molecule is Br.COc1cc(CCCN)c(OC)cc1Br. The van der Waals surface area contributed by atoms with Gasteiger partial charge in [-0.05, 0) is 53.0 Å². The maximum atomic E-state index is 5.49. The molecule has 0 saturated heterocycles. The molecular formula is C11H17Br2NO2. The maximum Gasteiger partial charge on any atom is 0.133 e. The van der Waals surface area contributed by atoms with Gasteiger partial charge in [0.1, 0.15) is 11.5 Å². The van der Waals surface area contributed by atoms with E-state index in [1.165, 1.54) is 0 Å². The lowest BCUT2D eigenvalue weighted by Crippen LogP contribution is -2.02. The Morgan fingerprint density at radius 3 is 2.31 bits per heavy atom. The minimum Gasteiger partial charge on any atom is -0.496 e. The van der Waals surface area contributed by atoms with Crippen LogP contribution in [0.1, 0.15) is 12.0 Å². The highest BCUT2D eigenvalue weighted by Crippen LogP contribution is 2.33. The molecule has 0 radical (unpaired) electrons. The fraction of sp³-hybridized carbons (Fsp3) is 0.455. The molecule has 2 N–H and O–H groups in total. The summed E-state index contributed by atoms with van der Waals surface area (Å²) in [4.78, 5) is 0. The molecule has 1 rings (SSSR count). The fourth-order valence-corrected chi connectivity index (χ4v) is 1.90. The Morgan fingerprint density at radius 1 is 1.19 bits per heavy atom. The standard InChI is InChI=1S/C11H16BrNO2.BrH/c1-14-10-7-9(12)11(15-2)6-8(10)4-3-5-13;/h6-7H,3-5,13H2,1-2H3;1H. The van der Waals surface area contributed by atoms with Crippen LogP contribution < -0.4 is 15.2 Å². The Balaban J connectivity index is 0.00000225. The molecule has 0 aromatic heterocycles. The lowest BCUT2D eigenvalue weighted by atomic mass is 10.1. The van der Waals surface area contributed by atoms with Crippen molar-refractivity contribution < 1.29 is 9.47 Å². The smallest absolute Gasteiger partial charge is 0.133 e. The van der Waals surface area contributed by atoms with E-state index in [4.69, 9.17) is 15.2 Å². The van der Waals surface area contributed by atoms with E-state index in [1.54, 1.807) is 14.2 Å². The summed E-state index contributed by atoms with van der Waals surface area (Å²) in [6.07, 6.45) is 1.85. The maximum absolute atomic E-state index is 5.49. The van der Waals surface area contributed by atoms with Gasteiger partial charge in [-0.2, -0.15) is 0 Å². The van der Waals surface area contributed by atoms with Gasteiger partial charge in [-0.3, -0.25) is 0 Å². The van der Waals surface area contributed by atoms with Crippen molar-refractivity contribution in [1.29, 1.82) is 0 Å². The first-order chi connectivity index (χ1) is 7.22. The van der Waals surface area contributed by atoms with E-state index in [-0.39, 0.29) is 17.0 Å². The Kier molecular flexibility index (Phi) is 7.80. The molecular weight excluding hydrogens is 338 g/mol. The number of nitrogens with two attached hydrogens (primary N) is 1. The van der Waals surface area contributed by atoms with Crippen molar-refractivity contribution in [3.05, 3.63) is 22.2 Å². The molecule has 92 valence electrons. The van der Waals surface area contributed by atoms with Crippen LogP contribution in [0.4, 0.5) is 0 Å². The highest BCUT2D eigenvalue weighted by Gasteiger charge is 2.08. The molecule has 0 fully saturated rings. The van der Waals surface area contributed by atoms with Crippen LogP contribution in [0, 0.1) is 0 Å². The van der Waals surface area contributed by atoms with Crippen LogP contribution in [0.15, 0.2) is 16.6 Å². The second-order valence-corrected chi connectivity index (χ2v) is 4.05. The van der Waals surface area contributed by atoms with Gasteiger partial charge in [0.15, 0.2) is 0 Å². The Hall–Kier alpha value is -0.260. The number of ether oxygens (including phenoxy) is 2. The highest BCUT2D eigenvalue weighted by atomic mass is 79.9. The first-order valence-electron chi connectivity index (χ1n) is 4.83. The van der Waals surface area contributed by atoms with Crippen molar-refractivity contribution in [2.24, 2.45) is 5.73 Å². The molecule has 1 aromatic rings. The first-order valence-corrected chi connectivity index (χ1v) is 5.62. The van der Waals surface area contributed by atoms with Crippen molar-refractivity contribution in [2.45, 2.75) is 12.8 Å². The lowest BCUT2D eigenvalue weighted by molar-refractivity contribution is 0.396. The van der Waals surface area contributed by atoms with Crippen LogP contribution >= 0.6 is 32.9 Å². The van der Waals surface area contributed by atoms with Crippen LogP contribution in [0.5, 0.6) is 11.5 Å². The Labute approximate surface area is 115 Å². The molecule has 1 aromatic carbocycles. The van der Waals surface area contributed by atoms with Crippen LogP contribution in [-0.2, 0) is 6.42 Å². The number of halogens is 2. The topological polar surface area (TPSA) is 44.5 Å². The summed E-state index contributed by atoms with van der Waals surface area (Å²) in [6.45, 7) is 0.682. The average molecular weight is 355 g/mol. The van der Waals surface area contributed by atoms with Gasteiger partial charge in [0.25, 0.3) is 0 Å². The molecule has 5 heteroatoms. The van der Waals surface area contributed by atoms with Crippen molar-refractivity contribution in [1.82, 2.24) is 0 Å². The molecule has 16 heavy (non-hydrogen) atoms. The van der Waals surface area contributed by atoms with Gasteiger partial charge in [-0.15, -0.1) is 17.0 Å². The number of rotatable bonds is 5. The van der Waals surface area contributed by atoms with E-state index < -0.39 is 0 Å². The first kappa shape index (κ1) is 15.7. The number of hydrogen-bond donors (Lipinski definition) is 1. The van der Waals surface area contributed by atoms with E-state index in [0.717, 1.165) is 34.4 Å². The van der Waals surface area contributed by atoms with Gasteiger partial charge in [-0.25, -0.2) is 0 Å². The summed E-state index contributed by atoms with van der Waals surface area (Å²) in [6, 6.07) is 3.91. The molecule has 3 nitrogen and oxygen atoms in total. The van der Waals surface area contributed by atoms with Gasteiger partial charge >= 0.3 is 0 Å². The second kappa shape index (κ2) is 7.92. The largest absolute Gasteiger partial charge is 0.496 e. The molecule has 0 unspecified atom stereocenters. The van der Waals surface area contributed by atoms with E-state index in [2.05, 4.69) is 15.9 Å². The number of hydrogen-bond acceptors (Lipinski definition) is 3. The Bertz CT molecular complexity index is 332. The van der Waals surface area contributed by atoms with Crippen molar-refractivity contribution in [2.75, 3.05) is 20.8 Å². The predicted octanol–water partition coefficient (Wildman–Crippen LogP) is 2.94. The van der Waals surface area contributed by atoms with Gasteiger partial charge in [0, 0.05) is 0 Å². The number of methoxy groups -OCH3 is 2. The quantitative estimate of drug-likeness (QED) is 0.884. The molecule has 0 amide bonds. The van der Waals surface area contributed by atoms with Crippen molar-refractivity contribution in [3.8, 4) is 11.5 Å². The van der Waals surface area contributed by atoms with Crippen molar-refractivity contribution in [3.63, 3.8) is 0 Å². The van der Waals surface area contributed by atoms with Crippen LogP contribution in [0.25, 0.3) is 0 Å². The zero-order valence-electron chi connectivity index (χ0n) is 9.46. The van der Waals surface area contributed by atoms with E-state index >= 15 is 0 Å². The molecule has 0 aliphatic heterocycles. The molecule has 0 atom stereocenters. The molecule has 0 heterocycles. The predicted molar refractivity (Wildman–Crippen MR) is 74.9 cm³/mol. The third-order valence-electron chi connectivity index (χ3n) is 2.21. The monoisotopic (exact) mass is 353 g/mol. The fourth-order valence-electron chi connectivity index (χ4n) is 1.41. The van der Waals surface area contributed by atoms with Crippen LogP contribution in [0.3, 0.4) is 0 Å². The third kappa shape index (κ3) is 3.96. The third-order valence-corrected chi connectivity index (χ3v) is 2.82. The zero-order chi connectivity index (χ0) is 11.3. The van der Waals surface area contributed by atoms with E-state index in [9.17, 15) is 0 Å². The van der Waals surface area contributed by atoms with Gasteiger partial charge in [0.2, 0.25) is 0 Å². The van der Waals surface area contributed by atoms with E-state index in [0.29, 0.717) is 6.54 Å². The molecule has 0 aliphatic carbocycles. The Morgan fingerprint density at radius 2 is 1.81 bits per heavy atom. The van der Waals surface area contributed by atoms with Gasteiger partial charge in [0.05, 0.1) is 18.7 Å². The minimum atomic E-state index is 0. The van der Waals surface area contributed by atoms with Crippen molar-refractivity contribution >= 4 is 32.9 Å². The summed E-state index contributed by atoms with van der Waals surface area (Å²) in [5.41, 5.74) is 6.61. The molecule has 0 spiro atoms. The second-order valence-electron chi connectivity index (χ2n) is 3.19. The lowest BCUT2D eigenvalue weighted by Gasteiger charge is -2.11. The average Bonchev–Trinajstić information content (AvgIpc) is 2.26. The van der Waals surface area contributed by atoms with Gasteiger partial charge in [-0.1, -0.05) is 0 Å². The molecule has 0 aliphatic rings.